The van der Waals surface area contributed by atoms with E-state index < -0.39 is 0 Å². The van der Waals surface area contributed by atoms with Gasteiger partial charge in [0.05, 0.1) is 0 Å². The first-order chi connectivity index (χ1) is 6.47. The molecule has 0 saturated heterocycles. The summed E-state index contributed by atoms with van der Waals surface area (Å²) in [6.45, 7) is 0. The predicted molar refractivity (Wildman–Crippen MR) is 57.8 cm³/mol. The molecule has 0 heteroatoms. The highest BCUT2D eigenvalue weighted by Gasteiger charge is 2.37. The van der Waals surface area contributed by atoms with E-state index in [1.165, 1.54) is 63.2 Å². The van der Waals surface area contributed by atoms with Crippen molar-refractivity contribution in [3.8, 4) is 0 Å². The van der Waals surface area contributed by atoms with Crippen molar-refractivity contribution in [2.45, 2.75) is 70.6 Å². The van der Waals surface area contributed by atoms with E-state index in [-0.39, 0.29) is 0 Å². The van der Waals surface area contributed by atoms with E-state index in [4.69, 9.17) is 0 Å². The first kappa shape index (κ1) is 9.55. The quantitative estimate of drug-likeness (QED) is 0.513. The van der Waals surface area contributed by atoms with Crippen LogP contribution in [0.4, 0.5) is 0 Å². The van der Waals surface area contributed by atoms with E-state index in [0.29, 0.717) is 0 Å². The van der Waals surface area contributed by atoms with Crippen LogP contribution in [0.15, 0.2) is 0 Å². The lowest BCUT2D eigenvalue weighted by Crippen LogP contribution is -1.91. The van der Waals surface area contributed by atoms with Crippen molar-refractivity contribution >= 4 is 0 Å². The molecule has 0 aromatic rings. The molecule has 2 atom stereocenters. The number of rotatable bonds is 0. The van der Waals surface area contributed by atoms with Crippen molar-refractivity contribution in [3.63, 3.8) is 0 Å². The van der Waals surface area contributed by atoms with Gasteiger partial charge in [0.1, 0.15) is 0 Å². The average Bonchev–Trinajstić information content (AvgIpc) is 3.00. The second-order valence-electron chi connectivity index (χ2n) is 5.16. The smallest absolute Gasteiger partial charge is 0.0383 e. The Hall–Kier alpha value is 0. The van der Waals surface area contributed by atoms with Gasteiger partial charge in [-0.1, -0.05) is 64.2 Å². The third kappa shape index (κ3) is 3.32. The summed E-state index contributed by atoms with van der Waals surface area (Å²) in [5.41, 5.74) is 0. The Morgan fingerprint density at radius 2 is 0.846 bits per heavy atom. The van der Waals surface area contributed by atoms with Gasteiger partial charge in [-0.25, -0.2) is 0 Å². The Kier molecular flexibility index (Phi) is 3.69. The fourth-order valence-corrected chi connectivity index (χ4v) is 2.89. The Labute approximate surface area is 83.1 Å². The van der Waals surface area contributed by atoms with Gasteiger partial charge in [0, 0.05) is 0 Å². The van der Waals surface area contributed by atoms with Gasteiger partial charge in [-0.05, 0) is 18.3 Å². The molecule has 0 bridgehead atoms. The van der Waals surface area contributed by atoms with Gasteiger partial charge in [-0.2, -0.15) is 0 Å². The van der Waals surface area contributed by atoms with Crippen LogP contribution in [0.1, 0.15) is 70.6 Å². The molecule has 3 saturated carbocycles. The maximum atomic E-state index is 1.58. The standard InChI is InChI=1S/C7H12.C6H12/c1-2-4-7-5-6(7)3-1;1-2-4-6-5-3-1/h6-7H,1-5H2;1-6H2. The van der Waals surface area contributed by atoms with E-state index >= 15 is 0 Å². The van der Waals surface area contributed by atoms with E-state index in [0.717, 1.165) is 0 Å². The summed E-state index contributed by atoms with van der Waals surface area (Å²) in [5.74, 6) is 2.41. The van der Waals surface area contributed by atoms with E-state index in [1.54, 1.807) is 19.3 Å². The van der Waals surface area contributed by atoms with E-state index in [1.807, 2.05) is 0 Å². The lowest BCUT2D eigenvalue weighted by atomic mass is 10.0. The highest BCUT2D eigenvalue weighted by Crippen LogP contribution is 2.49. The molecule has 2 unspecified atom stereocenters. The molecule has 0 aromatic heterocycles. The van der Waals surface area contributed by atoms with Crippen LogP contribution in [0.3, 0.4) is 0 Å². The molecule has 0 amide bonds. The molecule has 0 aromatic carbocycles. The Morgan fingerprint density at radius 3 is 1.15 bits per heavy atom. The molecule has 13 heavy (non-hydrogen) atoms. The molecular formula is C13H24. The molecule has 76 valence electrons. The van der Waals surface area contributed by atoms with Crippen molar-refractivity contribution in [1.82, 2.24) is 0 Å². The van der Waals surface area contributed by atoms with Crippen LogP contribution in [0, 0.1) is 11.8 Å². The van der Waals surface area contributed by atoms with Crippen LogP contribution in [-0.4, -0.2) is 0 Å². The number of hydrogen-bond acceptors (Lipinski definition) is 0. The molecule has 0 nitrogen and oxygen atoms in total. The molecule has 3 rings (SSSR count). The predicted octanol–water partition coefficient (Wildman–Crippen LogP) is 4.54. The molecule has 3 aliphatic carbocycles. The molecule has 0 aliphatic heterocycles. The summed E-state index contributed by atoms with van der Waals surface area (Å²) in [5, 5.41) is 0. The summed E-state index contributed by atoms with van der Waals surface area (Å²) < 4.78 is 0. The van der Waals surface area contributed by atoms with Gasteiger partial charge >= 0.3 is 0 Å². The number of hydrogen-bond donors (Lipinski definition) is 0. The van der Waals surface area contributed by atoms with Crippen LogP contribution in [-0.2, 0) is 0 Å². The minimum Gasteiger partial charge on any atom is -0.0533 e. The molecule has 0 radical (unpaired) electrons. The van der Waals surface area contributed by atoms with Gasteiger partial charge in [-0.15, -0.1) is 0 Å². The topological polar surface area (TPSA) is 0 Å². The van der Waals surface area contributed by atoms with Crippen molar-refractivity contribution in [1.29, 1.82) is 0 Å². The van der Waals surface area contributed by atoms with Crippen LogP contribution >= 0.6 is 0 Å². The molecule has 3 aliphatic rings. The minimum atomic E-state index is 1.20. The SMILES string of the molecule is C1CCC2CC2C1.C1CCCCC1. The van der Waals surface area contributed by atoms with E-state index in [9.17, 15) is 0 Å². The van der Waals surface area contributed by atoms with Crippen molar-refractivity contribution in [3.05, 3.63) is 0 Å². The van der Waals surface area contributed by atoms with Gasteiger partial charge in [0.2, 0.25) is 0 Å². The third-order valence-corrected chi connectivity index (χ3v) is 3.97. The monoisotopic (exact) mass is 180 g/mol. The first-order valence-corrected chi connectivity index (χ1v) is 6.47. The third-order valence-electron chi connectivity index (χ3n) is 3.97. The fourth-order valence-electron chi connectivity index (χ4n) is 2.89. The zero-order valence-electron chi connectivity index (χ0n) is 8.93. The largest absolute Gasteiger partial charge is 0.0533 e. The summed E-state index contributed by atoms with van der Waals surface area (Å²) in [4.78, 5) is 0. The second kappa shape index (κ2) is 5.02. The minimum absolute atomic E-state index is 1.20. The van der Waals surface area contributed by atoms with Crippen LogP contribution < -0.4 is 0 Å². The highest BCUT2D eigenvalue weighted by atomic mass is 14.4. The molecule has 0 heterocycles. The summed E-state index contributed by atoms with van der Waals surface area (Å²) in [6.07, 6.45) is 16.8. The summed E-state index contributed by atoms with van der Waals surface area (Å²) in [7, 11) is 0. The van der Waals surface area contributed by atoms with Crippen LogP contribution in [0.25, 0.3) is 0 Å². The maximum Gasteiger partial charge on any atom is -0.0383 e. The maximum absolute atomic E-state index is 1.58. The lowest BCUT2D eigenvalue weighted by molar-refractivity contribution is 0.480. The molecule has 0 N–H and O–H groups in total. The summed E-state index contributed by atoms with van der Waals surface area (Å²) in [6, 6.07) is 0. The second-order valence-corrected chi connectivity index (χ2v) is 5.16. The fraction of sp³-hybridized carbons (Fsp3) is 1.00. The van der Waals surface area contributed by atoms with Crippen LogP contribution in [0.2, 0.25) is 0 Å². The zero-order valence-corrected chi connectivity index (χ0v) is 8.93. The molecule has 3 fully saturated rings. The molecule has 0 spiro atoms. The van der Waals surface area contributed by atoms with Gasteiger partial charge < -0.3 is 0 Å². The Balaban J connectivity index is 0.000000102. The van der Waals surface area contributed by atoms with Gasteiger partial charge in [-0.3, -0.25) is 0 Å². The van der Waals surface area contributed by atoms with Crippen molar-refractivity contribution in [2.75, 3.05) is 0 Å². The van der Waals surface area contributed by atoms with Gasteiger partial charge in [0.15, 0.2) is 0 Å². The zero-order chi connectivity index (χ0) is 8.93. The highest BCUT2D eigenvalue weighted by molar-refractivity contribution is 4.88. The lowest BCUT2D eigenvalue weighted by Gasteiger charge is -2.05. The van der Waals surface area contributed by atoms with Crippen molar-refractivity contribution in [2.24, 2.45) is 11.8 Å². The van der Waals surface area contributed by atoms with Gasteiger partial charge in [0.25, 0.3) is 0 Å². The number of fused-ring (bicyclic) bond motifs is 1. The Bertz CT molecular complexity index is 113. The van der Waals surface area contributed by atoms with Crippen LogP contribution in [0.5, 0.6) is 0 Å². The molecular weight excluding hydrogens is 156 g/mol. The van der Waals surface area contributed by atoms with Crippen molar-refractivity contribution < 1.29 is 0 Å². The normalized spacial score (nSPS) is 36.9. The van der Waals surface area contributed by atoms with E-state index in [2.05, 4.69) is 0 Å². The Morgan fingerprint density at radius 1 is 0.462 bits per heavy atom. The summed E-state index contributed by atoms with van der Waals surface area (Å²) >= 11 is 0. The average molecular weight is 180 g/mol. The first-order valence-electron chi connectivity index (χ1n) is 6.47.